The summed E-state index contributed by atoms with van der Waals surface area (Å²) in [6.07, 6.45) is 74.9. The SMILES string of the molecule is CCCCC/C=C\C/C=C\C/C=C\CCCCCCC(=O)OC(/C=C\CCCCCCCCCCC)C(COP(=O)([O-])OCC[N+](C)(C)C)NC(=O)CCCCCCCCCCCCCCCCC/C=C/CCCCCCCC. The molecule has 1 N–H and O–H groups in total. The van der Waals surface area contributed by atoms with E-state index in [4.69, 9.17) is 13.8 Å². The number of phosphoric acid groups is 1. The van der Waals surface area contributed by atoms with Crippen molar-refractivity contribution in [3.63, 3.8) is 0 Å². The molecule has 3 atom stereocenters. The molecule has 3 unspecified atom stereocenters. The first-order chi connectivity index (χ1) is 38.4. The van der Waals surface area contributed by atoms with Gasteiger partial charge in [-0.2, -0.15) is 0 Å². The van der Waals surface area contributed by atoms with Crippen LogP contribution in [0.15, 0.2) is 60.8 Å². The van der Waals surface area contributed by atoms with Crippen molar-refractivity contribution in [1.82, 2.24) is 5.32 Å². The van der Waals surface area contributed by atoms with Crippen molar-refractivity contribution >= 4 is 19.7 Å². The molecular weight excluding hydrogens is 1000 g/mol. The summed E-state index contributed by atoms with van der Waals surface area (Å²) in [6, 6.07) is -0.898. The Hall–Kier alpha value is -2.29. The minimum Gasteiger partial charge on any atom is -0.756 e. The molecule has 0 spiro atoms. The molecule has 0 saturated heterocycles. The van der Waals surface area contributed by atoms with Crippen LogP contribution < -0.4 is 10.2 Å². The van der Waals surface area contributed by atoms with Crippen molar-refractivity contribution < 1.29 is 37.3 Å². The van der Waals surface area contributed by atoms with Crippen LogP contribution in [0.1, 0.15) is 316 Å². The van der Waals surface area contributed by atoms with E-state index in [2.05, 4.69) is 74.7 Å². The van der Waals surface area contributed by atoms with Crippen LogP contribution in [0.5, 0.6) is 0 Å². The molecule has 462 valence electrons. The Bertz CT molecular complexity index is 1540. The lowest BCUT2D eigenvalue weighted by Gasteiger charge is -2.30. The average Bonchev–Trinajstić information content (AvgIpc) is 3.41. The first-order valence-electron chi connectivity index (χ1n) is 33.6. The van der Waals surface area contributed by atoms with E-state index in [9.17, 15) is 19.0 Å². The summed E-state index contributed by atoms with van der Waals surface area (Å²) in [5.41, 5.74) is 0. The number of carbonyl (C=O) groups excluding carboxylic acids is 2. The maximum absolute atomic E-state index is 13.6. The van der Waals surface area contributed by atoms with Crippen molar-refractivity contribution in [3.05, 3.63) is 60.8 Å². The number of unbranched alkanes of at least 4 members (excludes halogenated alkanes) is 37. The Morgan fingerprint density at radius 1 is 0.443 bits per heavy atom. The van der Waals surface area contributed by atoms with E-state index in [-0.39, 0.29) is 24.9 Å². The number of allylic oxidation sites excluding steroid dienone is 9. The standard InChI is InChI=1S/C69H129N2O7P/c1-7-10-13-16-19-22-25-27-29-31-32-33-34-35-36-37-38-40-41-43-46-49-52-55-58-61-68(72)70-66(65-77-79(74,75)76-64-63-71(4,5)6)67(60-57-54-51-48-45-24-21-18-15-12-9-3)78-69(73)62-59-56-53-50-47-44-42-39-30-28-26-23-20-17-14-11-8-2/h20,23,27-30,42,44,57,60,66-67H,7-19,21-22,24-26,31-41,43,45-56,58-59,61-65H2,1-6H3,(H-,70,72,74,75)/b23-20-,29-27+,30-28-,44-42-,60-57-. The molecule has 0 heterocycles. The summed E-state index contributed by atoms with van der Waals surface area (Å²) in [6.45, 7) is 6.82. The number of likely N-dealkylation sites (N-methyl/N-ethyl adjacent to an activating group) is 1. The van der Waals surface area contributed by atoms with Crippen LogP contribution in [0.4, 0.5) is 0 Å². The summed E-state index contributed by atoms with van der Waals surface area (Å²) in [7, 11) is 1.18. The molecule has 0 aromatic rings. The maximum Gasteiger partial charge on any atom is 0.306 e. The molecule has 0 radical (unpaired) electrons. The molecule has 0 aliphatic carbocycles. The molecule has 10 heteroatoms. The molecule has 0 aliphatic heterocycles. The van der Waals surface area contributed by atoms with Crippen molar-refractivity contribution in [2.75, 3.05) is 40.9 Å². The maximum atomic E-state index is 13.6. The van der Waals surface area contributed by atoms with Gasteiger partial charge in [-0.3, -0.25) is 14.2 Å². The van der Waals surface area contributed by atoms with Gasteiger partial charge in [0.05, 0.1) is 33.8 Å². The highest BCUT2D eigenvalue weighted by Crippen LogP contribution is 2.38. The van der Waals surface area contributed by atoms with E-state index in [1.807, 2.05) is 33.3 Å². The molecular formula is C69H129N2O7P. The van der Waals surface area contributed by atoms with Gasteiger partial charge in [0.25, 0.3) is 7.82 Å². The van der Waals surface area contributed by atoms with Gasteiger partial charge in [-0.25, -0.2) is 0 Å². The van der Waals surface area contributed by atoms with Crippen LogP contribution in [-0.2, 0) is 27.9 Å². The van der Waals surface area contributed by atoms with E-state index in [0.29, 0.717) is 23.9 Å². The molecule has 1 amide bonds. The monoisotopic (exact) mass is 1130 g/mol. The molecule has 0 saturated carbocycles. The zero-order valence-electron chi connectivity index (χ0n) is 52.8. The van der Waals surface area contributed by atoms with Crippen LogP contribution >= 0.6 is 7.82 Å². The molecule has 0 aromatic heterocycles. The van der Waals surface area contributed by atoms with Gasteiger partial charge in [0.1, 0.15) is 19.3 Å². The highest BCUT2D eigenvalue weighted by atomic mass is 31.2. The Balaban J connectivity index is 5.07. The number of ether oxygens (including phenoxy) is 1. The molecule has 79 heavy (non-hydrogen) atoms. The van der Waals surface area contributed by atoms with Crippen LogP contribution in [0.25, 0.3) is 0 Å². The van der Waals surface area contributed by atoms with Crippen LogP contribution in [-0.4, -0.2) is 69.4 Å². The first kappa shape index (κ1) is 76.7. The highest BCUT2D eigenvalue weighted by Gasteiger charge is 2.27. The van der Waals surface area contributed by atoms with E-state index >= 15 is 0 Å². The minimum absolute atomic E-state index is 0.0263. The van der Waals surface area contributed by atoms with Gasteiger partial charge in [0.15, 0.2) is 0 Å². The smallest absolute Gasteiger partial charge is 0.306 e. The van der Waals surface area contributed by atoms with Crippen molar-refractivity contribution in [2.45, 2.75) is 328 Å². The predicted octanol–water partition coefficient (Wildman–Crippen LogP) is 20.4. The third-order valence-electron chi connectivity index (χ3n) is 14.9. The quantitative estimate of drug-likeness (QED) is 0.0212. The third kappa shape index (κ3) is 60.1. The normalized spacial score (nSPS) is 14.0. The number of nitrogens with zero attached hydrogens (tertiary/aromatic N) is 1. The number of nitrogens with one attached hydrogen (secondary N) is 1. The number of rotatable bonds is 61. The van der Waals surface area contributed by atoms with Gasteiger partial charge in [-0.15, -0.1) is 0 Å². The van der Waals surface area contributed by atoms with E-state index in [0.717, 1.165) is 77.0 Å². The highest BCUT2D eigenvalue weighted by molar-refractivity contribution is 7.45. The largest absolute Gasteiger partial charge is 0.756 e. The van der Waals surface area contributed by atoms with Gasteiger partial charge in [0, 0.05) is 12.8 Å². The minimum atomic E-state index is -4.70. The molecule has 0 aliphatic rings. The number of amides is 1. The molecule has 0 aromatic carbocycles. The zero-order valence-corrected chi connectivity index (χ0v) is 53.7. The van der Waals surface area contributed by atoms with Crippen molar-refractivity contribution in [1.29, 1.82) is 0 Å². The Morgan fingerprint density at radius 2 is 0.772 bits per heavy atom. The lowest BCUT2D eigenvalue weighted by molar-refractivity contribution is -0.870. The van der Waals surface area contributed by atoms with E-state index in [1.54, 1.807) is 0 Å². The number of phosphoric ester groups is 1. The predicted molar refractivity (Wildman–Crippen MR) is 339 cm³/mol. The van der Waals surface area contributed by atoms with Gasteiger partial charge < -0.3 is 28.5 Å². The van der Waals surface area contributed by atoms with Gasteiger partial charge in [-0.05, 0) is 96.0 Å². The molecule has 9 nitrogen and oxygen atoms in total. The van der Waals surface area contributed by atoms with Crippen LogP contribution in [0, 0.1) is 0 Å². The van der Waals surface area contributed by atoms with Crippen LogP contribution in [0.2, 0.25) is 0 Å². The number of hydrogen-bond donors (Lipinski definition) is 1. The summed E-state index contributed by atoms with van der Waals surface area (Å²) in [5.74, 6) is -0.558. The first-order valence-corrected chi connectivity index (χ1v) is 35.1. The number of quaternary nitrogens is 1. The fraction of sp³-hybridized carbons (Fsp3) is 0.826. The summed E-state index contributed by atoms with van der Waals surface area (Å²) >= 11 is 0. The fourth-order valence-electron chi connectivity index (χ4n) is 9.70. The average molecular weight is 1130 g/mol. The third-order valence-corrected chi connectivity index (χ3v) is 15.9. The van der Waals surface area contributed by atoms with Gasteiger partial charge in [-0.1, -0.05) is 268 Å². The van der Waals surface area contributed by atoms with E-state index in [1.165, 1.54) is 199 Å². The number of esters is 1. The molecule has 0 bridgehead atoms. The van der Waals surface area contributed by atoms with E-state index < -0.39 is 26.6 Å². The lowest BCUT2D eigenvalue weighted by Crippen LogP contribution is -2.47. The van der Waals surface area contributed by atoms with Crippen LogP contribution in [0.3, 0.4) is 0 Å². The second-order valence-corrected chi connectivity index (χ2v) is 25.4. The zero-order chi connectivity index (χ0) is 57.9. The molecule has 0 rings (SSSR count). The topological polar surface area (TPSA) is 114 Å². The van der Waals surface area contributed by atoms with Gasteiger partial charge >= 0.3 is 5.97 Å². The summed E-state index contributed by atoms with van der Waals surface area (Å²) < 4.78 is 30.3. The fourth-order valence-corrected chi connectivity index (χ4v) is 10.4. The number of carbonyl (C=O) groups is 2. The Morgan fingerprint density at radius 3 is 1.19 bits per heavy atom. The second kappa shape index (κ2) is 58.9. The molecule has 0 fully saturated rings. The second-order valence-electron chi connectivity index (χ2n) is 24.0. The number of hydrogen-bond acceptors (Lipinski definition) is 7. The Labute approximate surface area is 490 Å². The summed E-state index contributed by atoms with van der Waals surface area (Å²) in [4.78, 5) is 40.0. The van der Waals surface area contributed by atoms with Crippen molar-refractivity contribution in [3.8, 4) is 0 Å². The van der Waals surface area contributed by atoms with Crippen molar-refractivity contribution in [2.24, 2.45) is 0 Å². The lowest BCUT2D eigenvalue weighted by atomic mass is 10.0. The summed E-state index contributed by atoms with van der Waals surface area (Å²) in [5, 5.41) is 3.03. The Kier molecular flexibility index (Phi) is 57.2. The van der Waals surface area contributed by atoms with Gasteiger partial charge in [0.2, 0.25) is 5.91 Å².